The molecule has 0 aromatic rings. The Morgan fingerprint density at radius 1 is 1.55 bits per heavy atom. The predicted octanol–water partition coefficient (Wildman–Crippen LogP) is 1.43. The van der Waals surface area contributed by atoms with E-state index in [9.17, 15) is 17.2 Å². The van der Waals surface area contributed by atoms with Gasteiger partial charge in [-0.25, -0.2) is 0 Å². The molecule has 0 fully saturated rings. The van der Waals surface area contributed by atoms with E-state index in [4.69, 9.17) is 4.55 Å². The van der Waals surface area contributed by atoms with Crippen LogP contribution in [0.25, 0.3) is 0 Å². The van der Waals surface area contributed by atoms with Crippen LogP contribution in [0.1, 0.15) is 13.8 Å². The zero-order chi connectivity index (χ0) is 9.28. The van der Waals surface area contributed by atoms with Crippen LogP contribution in [-0.2, 0) is 10.1 Å². The average molecular weight is 186 g/mol. The molecule has 0 aliphatic heterocycles. The van der Waals surface area contributed by atoms with Crippen molar-refractivity contribution in [1.29, 1.82) is 0 Å². The molecule has 0 spiro atoms. The fourth-order valence-electron chi connectivity index (χ4n) is 0.371. The Kier molecular flexibility index (Phi) is 2.74. The lowest BCUT2D eigenvalue weighted by molar-refractivity contribution is 0.120. The minimum absolute atomic E-state index is 0.694. The standard InChI is InChI=1S/C5H8F2O3S/c1-3-4(2)5(6,7)11(8,9)10/h3H,1-2H3,(H,8,9,10). The normalized spacial score (nSPS) is 15.2. The summed E-state index contributed by atoms with van der Waals surface area (Å²) in [6, 6.07) is 0. The van der Waals surface area contributed by atoms with Crippen LogP contribution in [-0.4, -0.2) is 18.2 Å². The molecule has 1 N–H and O–H groups in total. The van der Waals surface area contributed by atoms with Gasteiger partial charge < -0.3 is 0 Å². The van der Waals surface area contributed by atoms with Crippen LogP contribution in [0.4, 0.5) is 8.78 Å². The molecule has 0 aliphatic rings. The van der Waals surface area contributed by atoms with E-state index in [0.717, 1.165) is 13.0 Å². The van der Waals surface area contributed by atoms with Crippen molar-refractivity contribution < 1.29 is 21.8 Å². The topological polar surface area (TPSA) is 54.4 Å². The predicted molar refractivity (Wildman–Crippen MR) is 35.9 cm³/mol. The number of alkyl halides is 2. The first kappa shape index (κ1) is 10.5. The Morgan fingerprint density at radius 2 is 1.91 bits per heavy atom. The lowest BCUT2D eigenvalue weighted by atomic mass is 10.3. The van der Waals surface area contributed by atoms with Crippen molar-refractivity contribution in [1.82, 2.24) is 0 Å². The second-order valence-electron chi connectivity index (χ2n) is 1.96. The van der Waals surface area contributed by atoms with Crippen LogP contribution in [0.3, 0.4) is 0 Å². The summed E-state index contributed by atoms with van der Waals surface area (Å²) in [7, 11) is -5.32. The first-order valence-corrected chi connectivity index (χ1v) is 4.15. The smallest absolute Gasteiger partial charge is 0.281 e. The van der Waals surface area contributed by atoms with Crippen LogP contribution in [0.2, 0.25) is 0 Å². The molecule has 0 amide bonds. The van der Waals surface area contributed by atoms with Crippen molar-refractivity contribution in [2.75, 3.05) is 0 Å². The Morgan fingerprint density at radius 3 is 2.00 bits per heavy atom. The SMILES string of the molecule is CC=C(C)C(F)(F)S(=O)(=O)O. The molecule has 0 saturated carbocycles. The zero-order valence-electron chi connectivity index (χ0n) is 6.01. The number of allylic oxidation sites excluding steroid dienone is 1. The van der Waals surface area contributed by atoms with Gasteiger partial charge in [-0.3, -0.25) is 4.55 Å². The van der Waals surface area contributed by atoms with Crippen LogP contribution < -0.4 is 0 Å². The third-order valence-corrected chi connectivity index (χ3v) is 2.19. The molecule has 0 aromatic heterocycles. The Hall–Kier alpha value is -0.490. The van der Waals surface area contributed by atoms with E-state index in [1.54, 1.807) is 0 Å². The monoisotopic (exact) mass is 186 g/mol. The molecule has 11 heavy (non-hydrogen) atoms. The van der Waals surface area contributed by atoms with Crippen LogP contribution in [0.15, 0.2) is 11.6 Å². The molecule has 66 valence electrons. The van der Waals surface area contributed by atoms with Gasteiger partial charge in [-0.2, -0.15) is 17.2 Å². The summed E-state index contributed by atoms with van der Waals surface area (Å²) in [6.07, 6.45) is 0.924. The molecule has 0 radical (unpaired) electrons. The Labute approximate surface area is 63.5 Å². The van der Waals surface area contributed by atoms with Crippen LogP contribution >= 0.6 is 0 Å². The van der Waals surface area contributed by atoms with Gasteiger partial charge in [-0.15, -0.1) is 0 Å². The lowest BCUT2D eigenvalue weighted by Crippen LogP contribution is -2.29. The molecule has 0 saturated heterocycles. The van der Waals surface area contributed by atoms with Crippen molar-refractivity contribution in [3.8, 4) is 0 Å². The highest BCUT2D eigenvalue weighted by atomic mass is 32.2. The summed E-state index contributed by atoms with van der Waals surface area (Å²) < 4.78 is 52.9. The highest BCUT2D eigenvalue weighted by molar-refractivity contribution is 7.87. The first-order valence-electron chi connectivity index (χ1n) is 2.71. The van der Waals surface area contributed by atoms with E-state index >= 15 is 0 Å². The summed E-state index contributed by atoms with van der Waals surface area (Å²) in [6.45, 7) is 2.18. The maximum absolute atomic E-state index is 12.4. The van der Waals surface area contributed by atoms with Crippen molar-refractivity contribution in [3.63, 3.8) is 0 Å². The molecule has 0 atom stereocenters. The fourth-order valence-corrected chi connectivity index (χ4v) is 0.896. The minimum Gasteiger partial charge on any atom is -0.281 e. The lowest BCUT2D eigenvalue weighted by Gasteiger charge is -2.12. The molecule has 6 heteroatoms. The van der Waals surface area contributed by atoms with Crippen LogP contribution in [0.5, 0.6) is 0 Å². The third-order valence-electron chi connectivity index (χ3n) is 1.22. The van der Waals surface area contributed by atoms with Gasteiger partial charge in [-0.05, 0) is 13.8 Å². The number of hydrogen-bond donors (Lipinski definition) is 1. The summed E-state index contributed by atoms with van der Waals surface area (Å²) in [5.74, 6) is 0. The molecule has 0 bridgehead atoms. The molecule has 0 heterocycles. The molecule has 0 unspecified atom stereocenters. The van der Waals surface area contributed by atoms with Gasteiger partial charge in [0.25, 0.3) is 0 Å². The number of halogens is 2. The summed E-state index contributed by atoms with van der Waals surface area (Å²) >= 11 is 0. The van der Waals surface area contributed by atoms with Crippen LogP contribution in [0, 0.1) is 0 Å². The van der Waals surface area contributed by atoms with E-state index in [1.165, 1.54) is 6.92 Å². The summed E-state index contributed by atoms with van der Waals surface area (Å²) in [5.41, 5.74) is -0.694. The van der Waals surface area contributed by atoms with Gasteiger partial charge >= 0.3 is 15.4 Å². The highest BCUT2D eigenvalue weighted by Gasteiger charge is 2.45. The maximum atomic E-state index is 12.4. The average Bonchev–Trinajstić information content (AvgIpc) is 1.83. The van der Waals surface area contributed by atoms with Crippen molar-refractivity contribution in [3.05, 3.63) is 11.6 Å². The molecule has 0 aliphatic carbocycles. The molecule has 0 rings (SSSR count). The Balaban J connectivity index is 5.07. The molecule has 3 nitrogen and oxygen atoms in total. The minimum atomic E-state index is -5.32. The molecular weight excluding hydrogens is 178 g/mol. The van der Waals surface area contributed by atoms with E-state index in [1.807, 2.05) is 0 Å². The number of rotatable bonds is 2. The second kappa shape index (κ2) is 2.86. The van der Waals surface area contributed by atoms with Crippen molar-refractivity contribution in [2.45, 2.75) is 19.1 Å². The van der Waals surface area contributed by atoms with Gasteiger partial charge in [0.1, 0.15) is 0 Å². The number of hydrogen-bond acceptors (Lipinski definition) is 2. The van der Waals surface area contributed by atoms with E-state index in [-0.39, 0.29) is 0 Å². The van der Waals surface area contributed by atoms with E-state index < -0.39 is 20.9 Å². The van der Waals surface area contributed by atoms with Gasteiger partial charge in [0.05, 0.1) is 0 Å². The maximum Gasteiger partial charge on any atom is 0.390 e. The quantitative estimate of drug-likeness (QED) is 0.524. The highest BCUT2D eigenvalue weighted by Crippen LogP contribution is 2.28. The third kappa shape index (κ3) is 1.97. The fraction of sp³-hybridized carbons (Fsp3) is 0.600. The first-order chi connectivity index (χ1) is 4.73. The largest absolute Gasteiger partial charge is 0.390 e. The summed E-state index contributed by atoms with van der Waals surface area (Å²) in [4.78, 5) is 0. The molecule has 0 aromatic carbocycles. The van der Waals surface area contributed by atoms with Gasteiger partial charge in [0.15, 0.2) is 0 Å². The van der Waals surface area contributed by atoms with Gasteiger partial charge in [0, 0.05) is 5.57 Å². The van der Waals surface area contributed by atoms with E-state index in [0.29, 0.717) is 0 Å². The Bertz CT molecular complexity index is 265. The zero-order valence-corrected chi connectivity index (χ0v) is 6.82. The summed E-state index contributed by atoms with van der Waals surface area (Å²) in [5, 5.41) is -4.16. The van der Waals surface area contributed by atoms with Crippen molar-refractivity contribution in [2.24, 2.45) is 0 Å². The second-order valence-corrected chi connectivity index (χ2v) is 3.43. The molecular formula is C5H8F2O3S. The van der Waals surface area contributed by atoms with E-state index in [2.05, 4.69) is 0 Å². The van der Waals surface area contributed by atoms with Gasteiger partial charge in [-0.1, -0.05) is 6.08 Å². The van der Waals surface area contributed by atoms with Gasteiger partial charge in [0.2, 0.25) is 0 Å². The van der Waals surface area contributed by atoms with Crippen molar-refractivity contribution >= 4 is 10.1 Å².